The van der Waals surface area contributed by atoms with Crippen molar-refractivity contribution in [3.63, 3.8) is 0 Å². The summed E-state index contributed by atoms with van der Waals surface area (Å²) >= 11 is -0.932. The van der Waals surface area contributed by atoms with Gasteiger partial charge in [-0.2, -0.15) is 0 Å². The van der Waals surface area contributed by atoms with E-state index in [0.717, 1.165) is 28.2 Å². The molecule has 0 aliphatic carbocycles. The van der Waals surface area contributed by atoms with Crippen LogP contribution in [0.3, 0.4) is 0 Å². The monoisotopic (exact) mass is 536 g/mol. The largest absolute Gasteiger partial charge is 0.755 e. The number of benzene rings is 3. The van der Waals surface area contributed by atoms with Crippen LogP contribution in [0, 0.1) is 5.82 Å². The maximum atomic E-state index is 14.8. The molecule has 192 valence electrons. The highest BCUT2D eigenvalue weighted by atomic mass is 32.2. The molecule has 0 saturated carbocycles. The minimum atomic E-state index is -2.41. The highest BCUT2D eigenvalue weighted by Crippen LogP contribution is 2.28. The van der Waals surface area contributed by atoms with Crippen LogP contribution in [0.1, 0.15) is 46.3 Å². The average molecular weight is 537 g/mol. The summed E-state index contributed by atoms with van der Waals surface area (Å²) in [6.45, 7) is 2.02. The summed E-state index contributed by atoms with van der Waals surface area (Å²) in [6.07, 6.45) is 1.57. The Morgan fingerprint density at radius 2 is 1.68 bits per heavy atom. The summed E-state index contributed by atoms with van der Waals surface area (Å²) in [6, 6.07) is 22.4. The molecule has 3 atom stereocenters. The van der Waals surface area contributed by atoms with Gasteiger partial charge in [0, 0.05) is 27.9 Å². The van der Waals surface area contributed by atoms with Gasteiger partial charge in [-0.25, -0.2) is 9.37 Å². The molecule has 4 aromatic rings. The lowest BCUT2D eigenvalue weighted by molar-refractivity contribution is -0.123. The number of hydrogen-bond acceptors (Lipinski definition) is 5. The van der Waals surface area contributed by atoms with Crippen molar-refractivity contribution in [2.45, 2.75) is 38.1 Å². The minimum absolute atomic E-state index is 0.285. The zero-order chi connectivity index (χ0) is 26.2. The maximum absolute atomic E-state index is 14.8. The van der Waals surface area contributed by atoms with Crippen molar-refractivity contribution in [2.24, 2.45) is 0 Å². The first-order valence-corrected chi connectivity index (χ1v) is 13.9. The normalized spacial score (nSPS) is 13.5. The first-order valence-electron chi connectivity index (χ1n) is 11.9. The summed E-state index contributed by atoms with van der Waals surface area (Å²) in [5, 5.41) is 5.88. The summed E-state index contributed by atoms with van der Waals surface area (Å²) in [5.74, 6) is -1.43. The van der Waals surface area contributed by atoms with Crippen LogP contribution in [0.25, 0.3) is 0 Å². The van der Waals surface area contributed by atoms with Gasteiger partial charge in [-0.15, -0.1) is 11.3 Å². The molecule has 1 amide bonds. The molecule has 0 spiro atoms. The third-order valence-corrected chi connectivity index (χ3v) is 7.43. The topological polar surface area (TPSA) is 94.1 Å². The number of nitrogens with one attached hydrogen (secondary N) is 2. The standard InChI is InChI=1S/C28H28FN3O3S2/c1-2-21-18-36-28(30-21)26(17-20-12-14-22(15-13-20)32-37(34)35)31-27(33)24(16-19-8-4-3-5-9-19)23-10-6-7-11-25(23)29/h3-15,18,24,26,32H,2,16-17H2,1H3,(H,31,33)(H,34,35)/p-1/t24?,26-/m0/s1. The van der Waals surface area contributed by atoms with E-state index in [9.17, 15) is 17.9 Å². The molecule has 0 radical (unpaired) electrons. The molecule has 0 saturated heterocycles. The van der Waals surface area contributed by atoms with E-state index in [4.69, 9.17) is 4.98 Å². The average Bonchev–Trinajstić information content (AvgIpc) is 3.38. The number of thiazole rings is 1. The molecule has 0 fully saturated rings. The smallest absolute Gasteiger partial charge is 0.228 e. The fourth-order valence-electron chi connectivity index (χ4n) is 4.11. The molecule has 6 nitrogen and oxygen atoms in total. The van der Waals surface area contributed by atoms with Gasteiger partial charge in [0.1, 0.15) is 10.8 Å². The Morgan fingerprint density at radius 1 is 1.00 bits per heavy atom. The number of rotatable bonds is 11. The zero-order valence-electron chi connectivity index (χ0n) is 20.2. The van der Waals surface area contributed by atoms with Crippen molar-refractivity contribution in [1.82, 2.24) is 10.3 Å². The van der Waals surface area contributed by atoms with E-state index in [2.05, 4.69) is 10.0 Å². The van der Waals surface area contributed by atoms with Gasteiger partial charge in [-0.1, -0.05) is 67.6 Å². The summed E-state index contributed by atoms with van der Waals surface area (Å²) in [7, 11) is 0. The van der Waals surface area contributed by atoms with E-state index in [1.807, 2.05) is 42.6 Å². The van der Waals surface area contributed by atoms with Gasteiger partial charge in [0.25, 0.3) is 0 Å². The second kappa shape index (κ2) is 12.7. The van der Waals surface area contributed by atoms with Gasteiger partial charge in [0.2, 0.25) is 5.91 Å². The fourth-order valence-corrected chi connectivity index (χ4v) is 5.39. The predicted octanol–water partition coefficient (Wildman–Crippen LogP) is 5.48. The molecule has 37 heavy (non-hydrogen) atoms. The van der Waals surface area contributed by atoms with Crippen molar-refractivity contribution in [2.75, 3.05) is 4.72 Å². The Balaban J connectivity index is 1.62. The van der Waals surface area contributed by atoms with Crippen molar-refractivity contribution in [3.8, 4) is 0 Å². The molecule has 1 aromatic heterocycles. The molecule has 0 aliphatic rings. The molecule has 0 bridgehead atoms. The lowest BCUT2D eigenvalue weighted by Gasteiger charge is -2.23. The Hall–Kier alpha value is -3.40. The van der Waals surface area contributed by atoms with Gasteiger partial charge in [0.05, 0.1) is 17.7 Å². The highest BCUT2D eigenvalue weighted by molar-refractivity contribution is 7.80. The van der Waals surface area contributed by atoms with Gasteiger partial charge < -0.3 is 14.6 Å². The highest BCUT2D eigenvalue weighted by Gasteiger charge is 2.28. The van der Waals surface area contributed by atoms with E-state index in [0.29, 0.717) is 24.1 Å². The van der Waals surface area contributed by atoms with E-state index in [1.165, 1.54) is 17.4 Å². The van der Waals surface area contributed by atoms with Gasteiger partial charge in [-0.05, 0) is 48.6 Å². The number of aromatic nitrogens is 1. The SMILES string of the molecule is CCc1csc([C@H](Cc2ccc(NS(=O)[O-])cc2)NC(=O)C(Cc2ccccc2)c2ccccc2F)n1. The number of amides is 1. The summed E-state index contributed by atoms with van der Waals surface area (Å²) in [5.41, 5.74) is 3.56. The molecule has 2 unspecified atom stereocenters. The van der Waals surface area contributed by atoms with Gasteiger partial charge in [0.15, 0.2) is 0 Å². The lowest BCUT2D eigenvalue weighted by atomic mass is 9.90. The minimum Gasteiger partial charge on any atom is -0.755 e. The first kappa shape index (κ1) is 26.7. The van der Waals surface area contributed by atoms with Crippen LogP contribution in [0.4, 0.5) is 10.1 Å². The van der Waals surface area contributed by atoms with Crippen LogP contribution in [0.15, 0.2) is 84.2 Å². The zero-order valence-corrected chi connectivity index (χ0v) is 21.9. The van der Waals surface area contributed by atoms with E-state index in [1.54, 1.807) is 42.5 Å². The number of hydrogen-bond donors (Lipinski definition) is 2. The fraction of sp³-hybridized carbons (Fsp3) is 0.214. The maximum Gasteiger partial charge on any atom is 0.228 e. The molecule has 1 heterocycles. The number of carbonyl (C=O) groups excluding carboxylic acids is 1. The lowest BCUT2D eigenvalue weighted by Crippen LogP contribution is -2.35. The third-order valence-electron chi connectivity index (χ3n) is 6.02. The summed E-state index contributed by atoms with van der Waals surface area (Å²) < 4.78 is 39.0. The molecule has 0 aliphatic heterocycles. The van der Waals surface area contributed by atoms with E-state index in [-0.39, 0.29) is 5.91 Å². The molecule has 2 N–H and O–H groups in total. The second-order valence-corrected chi connectivity index (χ2v) is 10.2. The van der Waals surface area contributed by atoms with E-state index >= 15 is 0 Å². The number of halogens is 1. The predicted molar refractivity (Wildman–Crippen MR) is 144 cm³/mol. The van der Waals surface area contributed by atoms with Crippen LogP contribution >= 0.6 is 11.3 Å². The van der Waals surface area contributed by atoms with Crippen LogP contribution in [0.5, 0.6) is 0 Å². The van der Waals surface area contributed by atoms with Crippen molar-refractivity contribution >= 4 is 34.2 Å². The van der Waals surface area contributed by atoms with Crippen LogP contribution < -0.4 is 10.0 Å². The Labute approximate surface area is 222 Å². The Kier molecular flexibility index (Phi) is 9.16. The van der Waals surface area contributed by atoms with Crippen molar-refractivity contribution in [1.29, 1.82) is 0 Å². The number of aryl methyl sites for hydroxylation is 1. The summed E-state index contributed by atoms with van der Waals surface area (Å²) in [4.78, 5) is 18.5. The quantitative estimate of drug-likeness (QED) is 0.248. The Morgan fingerprint density at radius 3 is 2.32 bits per heavy atom. The molecular weight excluding hydrogens is 509 g/mol. The third kappa shape index (κ3) is 7.31. The molecular formula is C28H27FN3O3S2-. The van der Waals surface area contributed by atoms with Crippen LogP contribution in [-0.4, -0.2) is 19.7 Å². The second-order valence-electron chi connectivity index (χ2n) is 8.59. The first-order chi connectivity index (χ1) is 17.9. The van der Waals surface area contributed by atoms with E-state index < -0.39 is 29.0 Å². The molecule has 4 rings (SSSR count). The van der Waals surface area contributed by atoms with Crippen molar-refractivity contribution in [3.05, 3.63) is 117 Å². The number of anilines is 1. The van der Waals surface area contributed by atoms with Gasteiger partial charge >= 0.3 is 0 Å². The van der Waals surface area contributed by atoms with Crippen molar-refractivity contribution < 1.29 is 17.9 Å². The molecule has 9 heteroatoms. The van der Waals surface area contributed by atoms with Crippen LogP contribution in [-0.2, 0) is 35.3 Å². The van der Waals surface area contributed by atoms with Crippen LogP contribution in [0.2, 0.25) is 0 Å². The Bertz CT molecular complexity index is 1350. The molecule has 3 aromatic carbocycles. The number of nitrogens with zero attached hydrogens (tertiary/aromatic N) is 1. The van der Waals surface area contributed by atoms with Gasteiger partial charge in [-0.3, -0.25) is 9.00 Å². The number of carbonyl (C=O) groups is 1.